The zero-order valence-electron chi connectivity index (χ0n) is 36.2. The Labute approximate surface area is 356 Å². The van der Waals surface area contributed by atoms with Crippen molar-refractivity contribution in [2.24, 2.45) is 28.6 Å². The molecule has 0 spiro atoms. The molecule has 0 heterocycles. The fraction of sp³-hybridized carbons (Fsp3) is 0.857. The smallest absolute Gasteiger partial charge is 0.377 e. The highest BCUT2D eigenvalue weighted by atomic mass is 19.3. The van der Waals surface area contributed by atoms with E-state index in [1.165, 1.54) is 0 Å². The highest BCUT2D eigenvalue weighted by molar-refractivity contribution is 5.83. The van der Waals surface area contributed by atoms with Crippen LogP contribution in [0.15, 0.2) is 0 Å². The van der Waals surface area contributed by atoms with Gasteiger partial charge in [-0.3, -0.25) is 9.59 Å². The molecule has 0 aliphatic heterocycles. The summed E-state index contributed by atoms with van der Waals surface area (Å²) in [6.07, 6.45) is 3.00. The molecule has 0 aromatic carbocycles. The zero-order chi connectivity index (χ0) is 47.0. The van der Waals surface area contributed by atoms with Gasteiger partial charge in [0.15, 0.2) is 0 Å². The van der Waals surface area contributed by atoms with Crippen molar-refractivity contribution >= 4 is 35.8 Å². The van der Waals surface area contributed by atoms with Gasteiger partial charge in [0.05, 0.1) is 23.7 Å². The Hall–Kier alpha value is -3.74. The van der Waals surface area contributed by atoms with E-state index in [1.807, 2.05) is 0 Å². The Bertz CT molecular complexity index is 1560. The second-order valence-corrected chi connectivity index (χ2v) is 18.3. The van der Waals surface area contributed by atoms with Gasteiger partial charge in [0.2, 0.25) is 0 Å². The van der Waals surface area contributed by atoms with Crippen LogP contribution < -0.4 is 0 Å². The van der Waals surface area contributed by atoms with E-state index >= 15 is 0 Å². The fourth-order valence-corrected chi connectivity index (χ4v) is 8.12. The summed E-state index contributed by atoms with van der Waals surface area (Å²) in [5.41, 5.74) is -2.61. The molecule has 4 bridgehead atoms. The third-order valence-electron chi connectivity index (χ3n) is 12.2. The lowest BCUT2D eigenvalue weighted by molar-refractivity contribution is -0.220. The molecular formula is C42H60F8O12. The molecule has 5 saturated carbocycles. The molecule has 0 unspecified atom stereocenters. The van der Waals surface area contributed by atoms with Crippen molar-refractivity contribution in [2.45, 2.75) is 173 Å². The summed E-state index contributed by atoms with van der Waals surface area (Å²) < 4.78 is 140. The maximum absolute atomic E-state index is 14.4. The Morgan fingerprint density at radius 1 is 0.484 bits per heavy atom. The average Bonchev–Trinajstić information content (AvgIpc) is 3.16. The van der Waals surface area contributed by atoms with Crippen molar-refractivity contribution < 1.29 is 92.3 Å². The minimum atomic E-state index is -4.61. The number of hydrogen-bond donors (Lipinski definition) is 0. The van der Waals surface area contributed by atoms with Crippen LogP contribution in [0.1, 0.15) is 138 Å². The number of alkyl halides is 8. The first-order valence-electron chi connectivity index (χ1n) is 21.1. The molecule has 0 amide bonds. The van der Waals surface area contributed by atoms with Gasteiger partial charge in [-0.1, -0.05) is 20.3 Å². The second kappa shape index (κ2) is 20.8. The molecule has 5 fully saturated rings. The lowest BCUT2D eigenvalue weighted by atomic mass is 9.54. The Balaban J connectivity index is 0.000000334. The number of rotatable bonds is 20. The highest BCUT2D eigenvalue weighted by Gasteiger charge is 2.59. The number of hydrogen-bond acceptors (Lipinski definition) is 12. The summed E-state index contributed by atoms with van der Waals surface area (Å²) in [6.45, 7) is 7.56. The minimum absolute atomic E-state index is 0.311. The summed E-state index contributed by atoms with van der Waals surface area (Å²) in [6, 6.07) is 0. The first-order chi connectivity index (χ1) is 28.5. The summed E-state index contributed by atoms with van der Waals surface area (Å²) >= 11 is 0. The van der Waals surface area contributed by atoms with Crippen LogP contribution in [0.3, 0.4) is 0 Å². The van der Waals surface area contributed by atoms with Gasteiger partial charge in [-0.25, -0.2) is 19.2 Å². The van der Waals surface area contributed by atoms with Crippen molar-refractivity contribution in [3.05, 3.63) is 0 Å². The number of esters is 6. The van der Waals surface area contributed by atoms with Crippen molar-refractivity contribution in [2.75, 3.05) is 26.4 Å². The highest BCUT2D eigenvalue weighted by Crippen LogP contribution is 2.57. The maximum atomic E-state index is 14.4. The number of carbonyl (C=O) groups excluding carboxylic acids is 6. The molecular weight excluding hydrogens is 848 g/mol. The maximum Gasteiger partial charge on any atom is 0.377 e. The molecule has 62 heavy (non-hydrogen) atoms. The van der Waals surface area contributed by atoms with E-state index in [2.05, 4.69) is 14.2 Å². The number of carbonyl (C=O) groups is 6. The van der Waals surface area contributed by atoms with Gasteiger partial charge in [0.25, 0.3) is 0 Å². The predicted molar refractivity (Wildman–Crippen MR) is 201 cm³/mol. The average molecular weight is 909 g/mol. The Morgan fingerprint density at radius 3 is 1.16 bits per heavy atom. The van der Waals surface area contributed by atoms with E-state index in [0.29, 0.717) is 75.5 Å². The van der Waals surface area contributed by atoms with Crippen LogP contribution >= 0.6 is 0 Å². The molecule has 0 atom stereocenters. The van der Waals surface area contributed by atoms with Crippen molar-refractivity contribution in [3.8, 4) is 0 Å². The Kier molecular flexibility index (Phi) is 17.7. The van der Waals surface area contributed by atoms with Gasteiger partial charge in [0.1, 0.15) is 38.1 Å². The minimum Gasteiger partial charge on any atom is -0.462 e. The fourth-order valence-electron chi connectivity index (χ4n) is 8.12. The second-order valence-electron chi connectivity index (χ2n) is 18.3. The number of halogens is 8. The molecule has 20 heteroatoms. The predicted octanol–water partition coefficient (Wildman–Crippen LogP) is 8.73. The van der Waals surface area contributed by atoms with Gasteiger partial charge in [-0.2, -0.15) is 35.1 Å². The molecule has 0 saturated heterocycles. The van der Waals surface area contributed by atoms with Gasteiger partial charge >= 0.3 is 59.5 Å². The summed E-state index contributed by atoms with van der Waals surface area (Å²) in [4.78, 5) is 70.4. The first-order valence-corrected chi connectivity index (χ1v) is 21.1. The first kappa shape index (κ1) is 52.6. The standard InChI is InChI=1S/C23H32F4O6.C19H28F4O6/c1-4-20(2,3)17(28)31-5-6-32-18(29)22(24,25)13-23(26,27)19(30)33-21-10-14-7-15(11-21)9-16(8-14)12-21;1-4-17(2,3)14(24)27-10-11-28-15(25)18(20,21)12-19(22,23)16(26)29-13-8-6-5-7-9-13/h14-16H,4-13H2,1-3H3;13H,4-12H2,1-3H3. The van der Waals surface area contributed by atoms with E-state index in [9.17, 15) is 63.9 Å². The normalized spacial score (nSPS) is 23.0. The lowest BCUT2D eigenvalue weighted by Crippen LogP contribution is -2.55. The molecule has 5 rings (SSSR count). The molecule has 0 aromatic rings. The third kappa shape index (κ3) is 14.7. The van der Waals surface area contributed by atoms with Crippen LogP contribution in [0.25, 0.3) is 0 Å². The van der Waals surface area contributed by atoms with Crippen LogP contribution in [0.2, 0.25) is 0 Å². The summed E-state index contributed by atoms with van der Waals surface area (Å²) in [5, 5.41) is 0. The van der Waals surface area contributed by atoms with Gasteiger partial charge in [0, 0.05) is 0 Å². The van der Waals surface area contributed by atoms with E-state index in [4.69, 9.17) is 14.2 Å². The van der Waals surface area contributed by atoms with Gasteiger partial charge in [-0.05, 0) is 122 Å². The van der Waals surface area contributed by atoms with Crippen LogP contribution in [0.5, 0.6) is 0 Å². The lowest BCUT2D eigenvalue weighted by Gasteiger charge is -2.55. The van der Waals surface area contributed by atoms with E-state index in [-0.39, 0.29) is 0 Å². The van der Waals surface area contributed by atoms with Crippen LogP contribution in [0, 0.1) is 28.6 Å². The summed E-state index contributed by atoms with van der Waals surface area (Å²) in [5.74, 6) is -27.1. The zero-order valence-corrected chi connectivity index (χ0v) is 36.2. The quantitative estimate of drug-likeness (QED) is 0.0496. The molecule has 0 N–H and O–H groups in total. The van der Waals surface area contributed by atoms with Crippen molar-refractivity contribution in [3.63, 3.8) is 0 Å². The van der Waals surface area contributed by atoms with Gasteiger partial charge in [-0.15, -0.1) is 0 Å². The molecule has 12 nitrogen and oxygen atoms in total. The monoisotopic (exact) mass is 908 g/mol. The summed E-state index contributed by atoms with van der Waals surface area (Å²) in [7, 11) is 0. The topological polar surface area (TPSA) is 158 Å². The van der Waals surface area contributed by atoms with E-state index in [0.717, 1.165) is 25.7 Å². The third-order valence-corrected chi connectivity index (χ3v) is 12.2. The van der Waals surface area contributed by atoms with E-state index < -0.39 is 121 Å². The molecule has 356 valence electrons. The molecule has 5 aliphatic carbocycles. The largest absolute Gasteiger partial charge is 0.462 e. The van der Waals surface area contributed by atoms with Crippen LogP contribution in [-0.2, 0) is 57.2 Å². The van der Waals surface area contributed by atoms with Crippen LogP contribution in [-0.4, -0.2) is 97.6 Å². The molecule has 5 aliphatic rings. The van der Waals surface area contributed by atoms with Gasteiger partial charge < -0.3 is 28.4 Å². The number of ether oxygens (including phenoxy) is 6. The Morgan fingerprint density at radius 2 is 0.806 bits per heavy atom. The van der Waals surface area contributed by atoms with Crippen LogP contribution in [0.4, 0.5) is 35.1 Å². The SMILES string of the molecule is CCC(C)(C)C(=O)OCCOC(=O)C(F)(F)CC(F)(F)C(=O)OC12CC3CC(CC(C3)C1)C2.CCC(C)(C)C(=O)OCCOC(=O)C(F)(F)CC(F)(F)C(=O)OC1CCCCC1. The van der Waals surface area contributed by atoms with Crippen molar-refractivity contribution in [1.82, 2.24) is 0 Å². The van der Waals surface area contributed by atoms with E-state index in [1.54, 1.807) is 41.5 Å². The molecule has 0 radical (unpaired) electrons. The van der Waals surface area contributed by atoms with Crippen molar-refractivity contribution in [1.29, 1.82) is 0 Å². The molecule has 0 aromatic heterocycles.